The van der Waals surface area contributed by atoms with E-state index in [1.165, 1.54) is 5.56 Å². The van der Waals surface area contributed by atoms with Crippen LogP contribution in [0, 0.1) is 5.92 Å². The molecule has 1 amide bonds. The van der Waals surface area contributed by atoms with Crippen molar-refractivity contribution >= 4 is 30.1 Å². The van der Waals surface area contributed by atoms with Gasteiger partial charge < -0.3 is 10.2 Å². The molecule has 2 heterocycles. The van der Waals surface area contributed by atoms with Gasteiger partial charge in [-0.1, -0.05) is 30.3 Å². The van der Waals surface area contributed by atoms with Crippen LogP contribution in [-0.4, -0.2) is 41.9 Å². The van der Waals surface area contributed by atoms with Crippen LogP contribution >= 0.6 is 24.2 Å². The molecule has 2 aliphatic rings. The van der Waals surface area contributed by atoms with Crippen LogP contribution in [0.25, 0.3) is 0 Å². The summed E-state index contributed by atoms with van der Waals surface area (Å²) in [6.45, 7) is 2.72. The zero-order valence-electron chi connectivity index (χ0n) is 11.5. The number of nitrogens with one attached hydrogen (secondary N) is 1. The van der Waals surface area contributed by atoms with Crippen LogP contribution in [0.1, 0.15) is 18.0 Å². The van der Waals surface area contributed by atoms with E-state index in [-0.39, 0.29) is 24.4 Å². The highest BCUT2D eigenvalue weighted by atomic mass is 35.5. The zero-order chi connectivity index (χ0) is 13.1. The standard InChI is InChI=1S/C15H20N2OS.ClH/c18-15(13-6-7-16-10-13)17-8-9-19-11-14(17)12-4-2-1-3-5-12;/h1-5,13-14,16H,6-11H2;1H. The molecule has 2 unspecified atom stereocenters. The lowest BCUT2D eigenvalue weighted by Crippen LogP contribution is -2.44. The summed E-state index contributed by atoms with van der Waals surface area (Å²) in [4.78, 5) is 14.8. The van der Waals surface area contributed by atoms with Crippen LogP contribution in [0.15, 0.2) is 30.3 Å². The average molecular weight is 313 g/mol. The molecule has 0 aliphatic carbocycles. The van der Waals surface area contributed by atoms with E-state index in [0.29, 0.717) is 5.91 Å². The molecule has 2 fully saturated rings. The molecule has 0 spiro atoms. The Labute approximate surface area is 130 Å². The van der Waals surface area contributed by atoms with Crippen molar-refractivity contribution in [2.24, 2.45) is 5.92 Å². The van der Waals surface area contributed by atoms with Crippen LogP contribution in [0.3, 0.4) is 0 Å². The van der Waals surface area contributed by atoms with Crippen LogP contribution < -0.4 is 5.32 Å². The Balaban J connectivity index is 0.00000147. The highest BCUT2D eigenvalue weighted by Gasteiger charge is 2.33. The molecular formula is C15H21ClN2OS. The number of thioether (sulfide) groups is 1. The Kier molecular flexibility index (Phi) is 5.75. The van der Waals surface area contributed by atoms with E-state index >= 15 is 0 Å². The highest BCUT2D eigenvalue weighted by molar-refractivity contribution is 7.99. The lowest BCUT2D eigenvalue weighted by atomic mass is 10.0. The van der Waals surface area contributed by atoms with E-state index in [0.717, 1.165) is 37.6 Å². The molecule has 2 atom stereocenters. The lowest BCUT2D eigenvalue weighted by molar-refractivity contribution is -0.136. The predicted molar refractivity (Wildman–Crippen MR) is 86.4 cm³/mol. The molecular weight excluding hydrogens is 292 g/mol. The number of hydrogen-bond acceptors (Lipinski definition) is 3. The summed E-state index contributed by atoms with van der Waals surface area (Å²) in [7, 11) is 0. The number of hydrogen-bond donors (Lipinski definition) is 1. The van der Waals surface area contributed by atoms with Crippen molar-refractivity contribution in [1.29, 1.82) is 0 Å². The highest BCUT2D eigenvalue weighted by Crippen LogP contribution is 2.31. The van der Waals surface area contributed by atoms with E-state index in [2.05, 4.69) is 34.5 Å². The summed E-state index contributed by atoms with van der Waals surface area (Å²) >= 11 is 1.95. The summed E-state index contributed by atoms with van der Waals surface area (Å²) < 4.78 is 0. The first kappa shape index (κ1) is 15.7. The molecule has 110 valence electrons. The minimum atomic E-state index is 0. The third kappa shape index (κ3) is 3.30. The van der Waals surface area contributed by atoms with Crippen molar-refractivity contribution in [2.75, 3.05) is 31.1 Å². The molecule has 0 saturated carbocycles. The zero-order valence-corrected chi connectivity index (χ0v) is 13.1. The fraction of sp³-hybridized carbons (Fsp3) is 0.533. The number of carbonyl (C=O) groups excluding carboxylic acids is 1. The van der Waals surface area contributed by atoms with E-state index in [9.17, 15) is 4.79 Å². The van der Waals surface area contributed by atoms with Crippen LogP contribution in [0.2, 0.25) is 0 Å². The molecule has 2 aliphatic heterocycles. The van der Waals surface area contributed by atoms with Crippen LogP contribution in [0.5, 0.6) is 0 Å². The van der Waals surface area contributed by atoms with Crippen molar-refractivity contribution in [3.8, 4) is 0 Å². The SMILES string of the molecule is Cl.O=C(C1CCNC1)N1CCSCC1c1ccccc1. The Morgan fingerprint density at radius 1 is 1.30 bits per heavy atom. The van der Waals surface area contributed by atoms with Gasteiger partial charge in [0.2, 0.25) is 5.91 Å². The molecule has 0 bridgehead atoms. The van der Waals surface area contributed by atoms with E-state index in [1.54, 1.807) is 0 Å². The number of halogens is 1. The molecule has 2 saturated heterocycles. The molecule has 0 aromatic heterocycles. The average Bonchev–Trinajstić information content (AvgIpc) is 3.02. The molecule has 3 nitrogen and oxygen atoms in total. The van der Waals surface area contributed by atoms with Crippen LogP contribution in [0.4, 0.5) is 0 Å². The van der Waals surface area contributed by atoms with Crippen molar-refractivity contribution in [2.45, 2.75) is 12.5 Å². The number of benzene rings is 1. The van der Waals surface area contributed by atoms with Gasteiger partial charge in [0, 0.05) is 24.6 Å². The second-order valence-electron chi connectivity index (χ2n) is 5.22. The van der Waals surface area contributed by atoms with Gasteiger partial charge in [0.05, 0.1) is 12.0 Å². The van der Waals surface area contributed by atoms with Crippen LogP contribution in [-0.2, 0) is 4.79 Å². The molecule has 3 rings (SSSR count). The van der Waals surface area contributed by atoms with Gasteiger partial charge in [-0.3, -0.25) is 4.79 Å². The van der Waals surface area contributed by atoms with Gasteiger partial charge in [-0.2, -0.15) is 11.8 Å². The third-order valence-corrected chi connectivity index (χ3v) is 5.03. The summed E-state index contributed by atoms with van der Waals surface area (Å²) in [6.07, 6.45) is 0.990. The summed E-state index contributed by atoms with van der Waals surface area (Å²) in [5.74, 6) is 2.62. The number of nitrogens with zero attached hydrogens (tertiary/aromatic N) is 1. The maximum Gasteiger partial charge on any atom is 0.227 e. The normalized spacial score (nSPS) is 26.1. The number of rotatable bonds is 2. The fourth-order valence-electron chi connectivity index (χ4n) is 2.92. The Morgan fingerprint density at radius 2 is 2.10 bits per heavy atom. The quantitative estimate of drug-likeness (QED) is 0.910. The van der Waals surface area contributed by atoms with Crippen molar-refractivity contribution < 1.29 is 4.79 Å². The van der Waals surface area contributed by atoms with Gasteiger partial charge >= 0.3 is 0 Å². The molecule has 20 heavy (non-hydrogen) atoms. The third-order valence-electron chi connectivity index (χ3n) is 4.01. The smallest absolute Gasteiger partial charge is 0.227 e. The molecule has 1 aromatic carbocycles. The van der Waals surface area contributed by atoms with Gasteiger partial charge in [0.15, 0.2) is 0 Å². The van der Waals surface area contributed by atoms with Crippen molar-refractivity contribution in [3.63, 3.8) is 0 Å². The first-order valence-electron chi connectivity index (χ1n) is 7.00. The maximum atomic E-state index is 12.7. The summed E-state index contributed by atoms with van der Waals surface area (Å²) in [5, 5.41) is 3.29. The van der Waals surface area contributed by atoms with Gasteiger partial charge in [-0.25, -0.2) is 0 Å². The van der Waals surface area contributed by atoms with E-state index in [4.69, 9.17) is 0 Å². The summed E-state index contributed by atoms with van der Waals surface area (Å²) in [6, 6.07) is 10.7. The minimum absolute atomic E-state index is 0. The Morgan fingerprint density at radius 3 is 2.80 bits per heavy atom. The van der Waals surface area contributed by atoms with Gasteiger partial charge in [0.1, 0.15) is 0 Å². The number of carbonyl (C=O) groups is 1. The molecule has 1 aromatic rings. The van der Waals surface area contributed by atoms with Crippen molar-refractivity contribution in [3.05, 3.63) is 35.9 Å². The molecule has 5 heteroatoms. The topological polar surface area (TPSA) is 32.3 Å². The van der Waals surface area contributed by atoms with Gasteiger partial charge in [-0.05, 0) is 18.5 Å². The predicted octanol–water partition coefficient (Wildman–Crippen LogP) is 2.33. The minimum Gasteiger partial charge on any atom is -0.334 e. The maximum absolute atomic E-state index is 12.7. The van der Waals surface area contributed by atoms with E-state index in [1.807, 2.05) is 17.8 Å². The van der Waals surface area contributed by atoms with Gasteiger partial charge in [0.25, 0.3) is 0 Å². The van der Waals surface area contributed by atoms with Gasteiger partial charge in [-0.15, -0.1) is 12.4 Å². The lowest BCUT2D eigenvalue weighted by Gasteiger charge is -2.37. The van der Waals surface area contributed by atoms with Crippen molar-refractivity contribution in [1.82, 2.24) is 10.2 Å². The molecule has 1 N–H and O–H groups in total. The second kappa shape index (κ2) is 7.34. The number of amides is 1. The first-order chi connectivity index (χ1) is 9.36. The largest absolute Gasteiger partial charge is 0.334 e. The first-order valence-corrected chi connectivity index (χ1v) is 8.15. The van der Waals surface area contributed by atoms with E-state index < -0.39 is 0 Å². The second-order valence-corrected chi connectivity index (χ2v) is 6.37. The summed E-state index contributed by atoms with van der Waals surface area (Å²) in [5.41, 5.74) is 1.27. The Hall–Kier alpha value is -0.710. The molecule has 0 radical (unpaired) electrons. The Bertz CT molecular complexity index is 437. The fourth-order valence-corrected chi connectivity index (χ4v) is 4.01. The monoisotopic (exact) mass is 312 g/mol.